The fraction of sp³-hybridized carbons (Fsp3) is 0.364. The van der Waals surface area contributed by atoms with E-state index in [0.29, 0.717) is 5.56 Å². The molecule has 1 aromatic rings. The van der Waals surface area contributed by atoms with Gasteiger partial charge in [0.2, 0.25) is 0 Å². The molecule has 3 nitrogen and oxygen atoms in total. The number of ether oxygens (including phenoxy) is 1. The van der Waals surface area contributed by atoms with Crippen LogP contribution in [0.25, 0.3) is 0 Å². The van der Waals surface area contributed by atoms with E-state index in [0.717, 1.165) is 0 Å². The van der Waals surface area contributed by atoms with Gasteiger partial charge in [-0.2, -0.15) is 0 Å². The van der Waals surface area contributed by atoms with Crippen molar-refractivity contribution in [2.45, 2.75) is 13.0 Å². The van der Waals surface area contributed by atoms with Crippen LogP contribution in [0.5, 0.6) is 5.75 Å². The zero-order valence-corrected chi connectivity index (χ0v) is 9.00. The second-order valence-corrected chi connectivity index (χ2v) is 3.23. The summed E-state index contributed by atoms with van der Waals surface area (Å²) in [5, 5.41) is 2.83. The average molecular weight is 211 g/mol. The first kappa shape index (κ1) is 11.7. The van der Waals surface area contributed by atoms with Crippen molar-refractivity contribution in [3.05, 3.63) is 29.6 Å². The van der Waals surface area contributed by atoms with E-state index in [9.17, 15) is 9.18 Å². The molecule has 0 spiro atoms. The van der Waals surface area contributed by atoms with Gasteiger partial charge in [0.25, 0.3) is 0 Å². The summed E-state index contributed by atoms with van der Waals surface area (Å²) in [4.78, 5) is 11.2. The van der Waals surface area contributed by atoms with E-state index in [1.165, 1.54) is 26.2 Å². The van der Waals surface area contributed by atoms with Crippen molar-refractivity contribution in [1.29, 1.82) is 0 Å². The number of halogens is 1. The lowest BCUT2D eigenvalue weighted by atomic mass is 10.0. The monoisotopic (exact) mass is 211 g/mol. The van der Waals surface area contributed by atoms with Crippen LogP contribution in [0.4, 0.5) is 4.39 Å². The summed E-state index contributed by atoms with van der Waals surface area (Å²) in [6.07, 6.45) is 0. The molecule has 0 aliphatic rings. The molecule has 0 heterocycles. The van der Waals surface area contributed by atoms with Crippen LogP contribution in [0.1, 0.15) is 18.5 Å². The summed E-state index contributed by atoms with van der Waals surface area (Å²) in [7, 11) is 3.06. The number of ketones is 1. The summed E-state index contributed by atoms with van der Waals surface area (Å²) in [5.74, 6) is -0.337. The van der Waals surface area contributed by atoms with Gasteiger partial charge in [-0.1, -0.05) is 6.07 Å². The van der Waals surface area contributed by atoms with Crippen molar-refractivity contribution in [3.63, 3.8) is 0 Å². The summed E-state index contributed by atoms with van der Waals surface area (Å²) in [6, 6.07) is 4.02. The molecular formula is C11H14FNO2. The highest BCUT2D eigenvalue weighted by molar-refractivity contribution is 5.82. The fourth-order valence-corrected chi connectivity index (χ4v) is 1.47. The van der Waals surface area contributed by atoms with Crippen molar-refractivity contribution < 1.29 is 13.9 Å². The first-order valence-electron chi connectivity index (χ1n) is 4.61. The molecule has 82 valence electrons. The molecule has 0 radical (unpaired) electrons. The van der Waals surface area contributed by atoms with E-state index in [1.807, 2.05) is 0 Å². The van der Waals surface area contributed by atoms with Crippen LogP contribution in [0.2, 0.25) is 0 Å². The lowest BCUT2D eigenvalue weighted by Gasteiger charge is -2.13. The molecule has 0 saturated heterocycles. The molecule has 0 aliphatic carbocycles. The van der Waals surface area contributed by atoms with Gasteiger partial charge in [-0.3, -0.25) is 4.79 Å². The Morgan fingerprint density at radius 1 is 1.53 bits per heavy atom. The first-order chi connectivity index (χ1) is 7.10. The predicted octanol–water partition coefficient (Wildman–Crippen LogP) is 1.68. The Morgan fingerprint density at radius 3 is 2.60 bits per heavy atom. The standard InChI is InChI=1S/C11H14FNO2/c1-7(14)11(13-2)8-4-5-10(15-3)9(12)6-8/h4-6,11,13H,1-3H3. The van der Waals surface area contributed by atoms with E-state index >= 15 is 0 Å². The van der Waals surface area contributed by atoms with E-state index in [1.54, 1.807) is 13.1 Å². The maximum Gasteiger partial charge on any atom is 0.165 e. The molecule has 1 N–H and O–H groups in total. The molecule has 1 atom stereocenters. The minimum atomic E-state index is -0.467. The van der Waals surface area contributed by atoms with E-state index in [4.69, 9.17) is 4.74 Å². The van der Waals surface area contributed by atoms with Gasteiger partial charge in [0, 0.05) is 0 Å². The van der Waals surface area contributed by atoms with Crippen molar-refractivity contribution in [1.82, 2.24) is 5.32 Å². The Balaban J connectivity index is 3.05. The number of nitrogens with one attached hydrogen (secondary N) is 1. The van der Waals surface area contributed by atoms with Gasteiger partial charge in [-0.25, -0.2) is 4.39 Å². The highest BCUT2D eigenvalue weighted by Gasteiger charge is 2.15. The van der Waals surface area contributed by atoms with Crippen molar-refractivity contribution in [2.24, 2.45) is 0 Å². The number of methoxy groups -OCH3 is 1. The molecule has 0 aromatic heterocycles. The first-order valence-corrected chi connectivity index (χ1v) is 4.61. The minimum absolute atomic E-state index is 0.0536. The molecule has 1 aromatic carbocycles. The smallest absolute Gasteiger partial charge is 0.165 e. The van der Waals surface area contributed by atoms with Gasteiger partial charge in [0.15, 0.2) is 17.3 Å². The second-order valence-electron chi connectivity index (χ2n) is 3.23. The van der Waals surface area contributed by atoms with Crippen LogP contribution in [-0.4, -0.2) is 19.9 Å². The van der Waals surface area contributed by atoms with Gasteiger partial charge in [0.05, 0.1) is 13.2 Å². The lowest BCUT2D eigenvalue weighted by molar-refractivity contribution is -0.119. The molecule has 15 heavy (non-hydrogen) atoms. The Kier molecular flexibility index (Phi) is 3.80. The quantitative estimate of drug-likeness (QED) is 0.823. The van der Waals surface area contributed by atoms with E-state index < -0.39 is 11.9 Å². The Bertz CT molecular complexity index is 366. The number of rotatable bonds is 4. The summed E-state index contributed by atoms with van der Waals surface area (Å²) >= 11 is 0. The van der Waals surface area contributed by atoms with Gasteiger partial charge < -0.3 is 10.1 Å². The third-order valence-corrected chi connectivity index (χ3v) is 2.20. The molecule has 0 saturated carbocycles. The highest BCUT2D eigenvalue weighted by atomic mass is 19.1. The molecule has 0 bridgehead atoms. The Labute approximate surface area is 88.2 Å². The van der Waals surface area contributed by atoms with Gasteiger partial charge in [0.1, 0.15) is 0 Å². The lowest BCUT2D eigenvalue weighted by Crippen LogP contribution is -2.23. The fourth-order valence-electron chi connectivity index (χ4n) is 1.47. The van der Waals surface area contributed by atoms with Crippen LogP contribution in [0.15, 0.2) is 18.2 Å². The SMILES string of the molecule is CNC(C(C)=O)c1ccc(OC)c(F)c1. The maximum absolute atomic E-state index is 13.3. The number of hydrogen-bond acceptors (Lipinski definition) is 3. The highest BCUT2D eigenvalue weighted by Crippen LogP contribution is 2.22. The van der Waals surface area contributed by atoms with Gasteiger partial charge in [-0.15, -0.1) is 0 Å². The summed E-state index contributed by atoms with van der Waals surface area (Å²) in [5.41, 5.74) is 0.600. The number of benzene rings is 1. The molecule has 1 rings (SSSR count). The normalized spacial score (nSPS) is 12.3. The van der Waals surface area contributed by atoms with Crippen LogP contribution in [0, 0.1) is 5.82 Å². The maximum atomic E-state index is 13.3. The van der Waals surface area contributed by atoms with Gasteiger partial charge >= 0.3 is 0 Å². The van der Waals surface area contributed by atoms with Gasteiger partial charge in [-0.05, 0) is 31.7 Å². The average Bonchev–Trinajstić information content (AvgIpc) is 2.18. The second kappa shape index (κ2) is 4.89. The zero-order valence-electron chi connectivity index (χ0n) is 9.00. The van der Waals surface area contributed by atoms with E-state index in [-0.39, 0.29) is 11.5 Å². The van der Waals surface area contributed by atoms with Crippen LogP contribution >= 0.6 is 0 Å². The molecular weight excluding hydrogens is 197 g/mol. The van der Waals surface area contributed by atoms with Crippen molar-refractivity contribution in [3.8, 4) is 5.75 Å². The minimum Gasteiger partial charge on any atom is -0.494 e. The summed E-state index contributed by atoms with van der Waals surface area (Å²) in [6.45, 7) is 1.46. The van der Waals surface area contributed by atoms with E-state index in [2.05, 4.69) is 5.32 Å². The number of likely N-dealkylation sites (N-methyl/N-ethyl adjacent to an activating group) is 1. The number of carbonyl (C=O) groups is 1. The van der Waals surface area contributed by atoms with Crippen LogP contribution in [0.3, 0.4) is 0 Å². The number of carbonyl (C=O) groups excluding carboxylic acids is 1. The Hall–Kier alpha value is -1.42. The number of hydrogen-bond donors (Lipinski definition) is 1. The molecule has 4 heteroatoms. The largest absolute Gasteiger partial charge is 0.494 e. The zero-order chi connectivity index (χ0) is 11.4. The van der Waals surface area contributed by atoms with Crippen LogP contribution < -0.4 is 10.1 Å². The van der Waals surface area contributed by atoms with Crippen LogP contribution in [-0.2, 0) is 4.79 Å². The molecule has 0 aliphatic heterocycles. The summed E-state index contributed by atoms with van der Waals surface area (Å²) < 4.78 is 18.1. The number of Topliss-reactive ketones (excluding diaryl/α,β-unsaturated/α-hetero) is 1. The Morgan fingerprint density at radius 2 is 2.20 bits per heavy atom. The van der Waals surface area contributed by atoms with Crippen molar-refractivity contribution in [2.75, 3.05) is 14.2 Å². The molecule has 0 amide bonds. The predicted molar refractivity (Wildman–Crippen MR) is 55.4 cm³/mol. The third-order valence-electron chi connectivity index (χ3n) is 2.20. The third kappa shape index (κ3) is 2.53. The molecule has 1 unspecified atom stereocenters. The van der Waals surface area contributed by atoms with Crippen molar-refractivity contribution >= 4 is 5.78 Å². The molecule has 0 fully saturated rings. The topological polar surface area (TPSA) is 38.3 Å².